The number of amides is 2. The molecule has 0 aliphatic carbocycles. The molecule has 1 aromatic rings. The number of hydrogen-bond acceptors (Lipinski definition) is 3. The van der Waals surface area contributed by atoms with Crippen molar-refractivity contribution in [1.29, 1.82) is 0 Å². The Labute approximate surface area is 130 Å². The Morgan fingerprint density at radius 2 is 2.33 bits per heavy atom. The number of nitrogens with zero attached hydrogens (tertiary/aromatic N) is 1. The molecule has 1 aromatic carbocycles. The number of anilines is 1. The molecular formula is C15H21ClN2O3. The van der Waals surface area contributed by atoms with Crippen LogP contribution in [0, 0.1) is 5.92 Å². The molecule has 0 saturated carbocycles. The van der Waals surface area contributed by atoms with E-state index < -0.39 is 0 Å². The summed E-state index contributed by atoms with van der Waals surface area (Å²) >= 11 is 5.97. The maximum absolute atomic E-state index is 12.2. The van der Waals surface area contributed by atoms with Crippen LogP contribution < -0.4 is 10.1 Å². The summed E-state index contributed by atoms with van der Waals surface area (Å²) in [4.78, 5) is 14.0. The third-order valence-electron chi connectivity index (χ3n) is 3.53. The fourth-order valence-electron chi connectivity index (χ4n) is 2.38. The summed E-state index contributed by atoms with van der Waals surface area (Å²) in [5.74, 6) is 0.973. The molecule has 21 heavy (non-hydrogen) atoms. The fourth-order valence-corrected chi connectivity index (χ4v) is 2.57. The molecule has 1 aliphatic rings. The average Bonchev–Trinajstić information content (AvgIpc) is 2.96. The topological polar surface area (TPSA) is 50.8 Å². The first-order chi connectivity index (χ1) is 10.1. The van der Waals surface area contributed by atoms with Gasteiger partial charge in [0, 0.05) is 37.4 Å². The lowest BCUT2D eigenvalue weighted by atomic mass is 10.1. The minimum Gasteiger partial charge on any atom is -0.495 e. The minimum absolute atomic E-state index is 0.0987. The number of nitrogens with one attached hydrogen (secondary N) is 1. The van der Waals surface area contributed by atoms with Crippen LogP contribution in [0.4, 0.5) is 10.5 Å². The van der Waals surface area contributed by atoms with Gasteiger partial charge >= 0.3 is 6.03 Å². The molecule has 2 amide bonds. The van der Waals surface area contributed by atoms with Crippen molar-refractivity contribution in [3.63, 3.8) is 0 Å². The standard InChI is InChI=1S/C15H21ClN2O3/c1-3-21-10-11-6-7-18(9-11)15(19)17-12-4-5-13(16)14(8-12)20-2/h4-5,8,11H,3,6-7,9-10H2,1-2H3,(H,17,19)/t11-/m0/s1. The number of halogens is 1. The quantitative estimate of drug-likeness (QED) is 0.908. The highest BCUT2D eigenvalue weighted by atomic mass is 35.5. The lowest BCUT2D eigenvalue weighted by Crippen LogP contribution is -2.33. The summed E-state index contributed by atoms with van der Waals surface area (Å²) in [6.07, 6.45) is 0.983. The van der Waals surface area contributed by atoms with E-state index in [1.54, 1.807) is 25.3 Å². The number of likely N-dealkylation sites (tertiary alicyclic amines) is 1. The number of urea groups is 1. The monoisotopic (exact) mass is 312 g/mol. The van der Waals surface area contributed by atoms with Crippen molar-refractivity contribution < 1.29 is 14.3 Å². The van der Waals surface area contributed by atoms with Gasteiger partial charge in [-0.3, -0.25) is 0 Å². The summed E-state index contributed by atoms with van der Waals surface area (Å²) in [6, 6.07) is 5.08. The van der Waals surface area contributed by atoms with Crippen LogP contribution in [-0.2, 0) is 4.74 Å². The number of ether oxygens (including phenoxy) is 2. The molecule has 116 valence electrons. The summed E-state index contributed by atoms with van der Waals surface area (Å²) in [5.41, 5.74) is 0.675. The van der Waals surface area contributed by atoms with Crippen molar-refractivity contribution >= 4 is 23.3 Å². The number of rotatable bonds is 5. The second-order valence-electron chi connectivity index (χ2n) is 5.04. The predicted molar refractivity (Wildman–Crippen MR) is 83.2 cm³/mol. The maximum Gasteiger partial charge on any atom is 0.321 e. The third-order valence-corrected chi connectivity index (χ3v) is 3.85. The highest BCUT2D eigenvalue weighted by Crippen LogP contribution is 2.27. The molecule has 0 radical (unpaired) electrons. The van der Waals surface area contributed by atoms with E-state index in [4.69, 9.17) is 21.1 Å². The van der Waals surface area contributed by atoms with Crippen LogP contribution in [0.2, 0.25) is 5.02 Å². The number of methoxy groups -OCH3 is 1. The second kappa shape index (κ2) is 7.52. The largest absolute Gasteiger partial charge is 0.495 e. The highest BCUT2D eigenvalue weighted by Gasteiger charge is 2.26. The van der Waals surface area contributed by atoms with E-state index in [2.05, 4.69) is 5.32 Å². The van der Waals surface area contributed by atoms with Gasteiger partial charge in [-0.05, 0) is 25.5 Å². The van der Waals surface area contributed by atoms with Crippen molar-refractivity contribution in [2.75, 3.05) is 38.7 Å². The first kappa shape index (κ1) is 15.9. The van der Waals surface area contributed by atoms with Crippen LogP contribution in [0.5, 0.6) is 5.75 Å². The number of carbonyl (C=O) groups is 1. The average molecular weight is 313 g/mol. The van der Waals surface area contributed by atoms with Gasteiger partial charge in [0.1, 0.15) is 5.75 Å². The van der Waals surface area contributed by atoms with Gasteiger partial charge in [0.15, 0.2) is 0 Å². The Morgan fingerprint density at radius 1 is 1.52 bits per heavy atom. The Hall–Kier alpha value is -1.46. The molecule has 1 aliphatic heterocycles. The summed E-state index contributed by atoms with van der Waals surface area (Å²) in [5, 5.41) is 3.39. The van der Waals surface area contributed by atoms with Crippen LogP contribution in [0.1, 0.15) is 13.3 Å². The Balaban J connectivity index is 1.90. The molecule has 0 unspecified atom stereocenters. The molecule has 1 atom stereocenters. The molecule has 2 rings (SSSR count). The summed E-state index contributed by atoms with van der Waals surface area (Å²) in [7, 11) is 1.55. The molecular weight excluding hydrogens is 292 g/mol. The molecule has 1 N–H and O–H groups in total. The molecule has 0 spiro atoms. The molecule has 0 aromatic heterocycles. The predicted octanol–water partition coefficient (Wildman–Crippen LogP) is 3.24. The van der Waals surface area contributed by atoms with Crippen LogP contribution in [0.25, 0.3) is 0 Å². The van der Waals surface area contributed by atoms with Gasteiger partial charge in [-0.15, -0.1) is 0 Å². The molecule has 1 fully saturated rings. The van der Waals surface area contributed by atoms with Gasteiger partial charge in [-0.25, -0.2) is 4.79 Å². The van der Waals surface area contributed by atoms with E-state index in [0.717, 1.165) is 26.1 Å². The maximum atomic E-state index is 12.2. The van der Waals surface area contributed by atoms with Gasteiger partial charge in [0.05, 0.1) is 18.7 Å². The third kappa shape index (κ3) is 4.25. The molecule has 1 saturated heterocycles. The van der Waals surface area contributed by atoms with Gasteiger partial charge in [-0.2, -0.15) is 0 Å². The van der Waals surface area contributed by atoms with Crippen molar-refractivity contribution in [2.45, 2.75) is 13.3 Å². The van der Waals surface area contributed by atoms with E-state index in [0.29, 0.717) is 29.0 Å². The Bertz CT molecular complexity index is 496. The molecule has 6 heteroatoms. The Kier molecular flexibility index (Phi) is 5.70. The zero-order chi connectivity index (χ0) is 15.2. The molecule has 0 bridgehead atoms. The van der Waals surface area contributed by atoms with Crippen LogP contribution in [0.3, 0.4) is 0 Å². The Morgan fingerprint density at radius 3 is 3.05 bits per heavy atom. The van der Waals surface area contributed by atoms with Gasteiger partial charge in [-0.1, -0.05) is 11.6 Å². The smallest absolute Gasteiger partial charge is 0.321 e. The van der Waals surface area contributed by atoms with Crippen molar-refractivity contribution in [1.82, 2.24) is 4.90 Å². The zero-order valence-electron chi connectivity index (χ0n) is 12.4. The summed E-state index contributed by atoms with van der Waals surface area (Å²) in [6.45, 7) is 4.90. The van der Waals surface area contributed by atoms with E-state index in [9.17, 15) is 4.79 Å². The fraction of sp³-hybridized carbons (Fsp3) is 0.533. The lowest BCUT2D eigenvalue weighted by Gasteiger charge is -2.18. The van der Waals surface area contributed by atoms with E-state index in [1.165, 1.54) is 0 Å². The van der Waals surface area contributed by atoms with E-state index >= 15 is 0 Å². The van der Waals surface area contributed by atoms with E-state index in [-0.39, 0.29) is 6.03 Å². The van der Waals surface area contributed by atoms with Gasteiger partial charge < -0.3 is 19.7 Å². The zero-order valence-corrected chi connectivity index (χ0v) is 13.2. The first-order valence-electron chi connectivity index (χ1n) is 7.11. The first-order valence-corrected chi connectivity index (χ1v) is 7.49. The number of hydrogen-bond donors (Lipinski definition) is 1. The minimum atomic E-state index is -0.0987. The van der Waals surface area contributed by atoms with Gasteiger partial charge in [0.2, 0.25) is 0 Å². The van der Waals surface area contributed by atoms with Gasteiger partial charge in [0.25, 0.3) is 0 Å². The van der Waals surface area contributed by atoms with E-state index in [1.807, 2.05) is 11.8 Å². The lowest BCUT2D eigenvalue weighted by molar-refractivity contribution is 0.113. The number of benzene rings is 1. The van der Waals surface area contributed by atoms with Crippen LogP contribution in [0.15, 0.2) is 18.2 Å². The van der Waals surface area contributed by atoms with Crippen molar-refractivity contribution in [2.24, 2.45) is 5.92 Å². The number of carbonyl (C=O) groups excluding carboxylic acids is 1. The molecule has 5 nitrogen and oxygen atoms in total. The SMILES string of the molecule is CCOC[C@H]1CCN(C(=O)Nc2ccc(Cl)c(OC)c2)C1. The summed E-state index contributed by atoms with van der Waals surface area (Å²) < 4.78 is 10.6. The van der Waals surface area contributed by atoms with Crippen LogP contribution in [-0.4, -0.2) is 44.3 Å². The van der Waals surface area contributed by atoms with Crippen LogP contribution >= 0.6 is 11.6 Å². The highest BCUT2D eigenvalue weighted by molar-refractivity contribution is 6.32. The molecule has 1 heterocycles. The van der Waals surface area contributed by atoms with Crippen molar-refractivity contribution in [3.05, 3.63) is 23.2 Å². The second-order valence-corrected chi connectivity index (χ2v) is 5.45. The normalized spacial score (nSPS) is 17.9. The van der Waals surface area contributed by atoms with Crippen molar-refractivity contribution in [3.8, 4) is 5.75 Å².